The lowest BCUT2D eigenvalue weighted by Gasteiger charge is -2.07. The molecule has 1 atom stereocenters. The Morgan fingerprint density at radius 3 is 2.27 bits per heavy atom. The number of hydrogen-bond acceptors (Lipinski definition) is 1. The van der Waals surface area contributed by atoms with Crippen LogP contribution in [0.15, 0.2) is 0 Å². The number of carbonyl (C=O) groups is 1. The molecule has 0 aromatic rings. The van der Waals surface area contributed by atoms with Crippen molar-refractivity contribution in [3.8, 4) is 0 Å². The van der Waals surface area contributed by atoms with Crippen molar-refractivity contribution in [3.05, 3.63) is 0 Å². The Bertz CT molecular complexity index is 156. The molecule has 1 N–H and O–H groups in total. The summed E-state index contributed by atoms with van der Waals surface area (Å²) in [5, 5.41) is 2.94. The van der Waals surface area contributed by atoms with Crippen LogP contribution in [0, 0.1) is 0 Å². The van der Waals surface area contributed by atoms with E-state index >= 15 is 0 Å². The molecule has 0 spiro atoms. The van der Waals surface area contributed by atoms with Gasteiger partial charge in [-0.05, 0) is 12.8 Å². The Hall–Kier alpha value is -0.530. The van der Waals surface area contributed by atoms with Gasteiger partial charge in [-0.15, -0.1) is 0 Å². The molecule has 1 fully saturated rings. The highest BCUT2D eigenvalue weighted by molar-refractivity contribution is 6.01. The summed E-state index contributed by atoms with van der Waals surface area (Å²) in [5.74, 6) is 0.271. The van der Waals surface area contributed by atoms with Crippen molar-refractivity contribution in [1.29, 1.82) is 0 Å². The van der Waals surface area contributed by atoms with Crippen molar-refractivity contribution in [2.45, 2.75) is 51.5 Å². The van der Waals surface area contributed by atoms with Gasteiger partial charge in [0.05, 0.1) is 0 Å². The second-order valence-corrected chi connectivity index (χ2v) is 3.39. The van der Waals surface area contributed by atoms with E-state index in [1.807, 2.05) is 0 Å². The smallest absolute Gasteiger partial charge is 0.246 e. The van der Waals surface area contributed by atoms with Gasteiger partial charge >= 0.3 is 0 Å². The van der Waals surface area contributed by atoms with Gasteiger partial charge < -0.3 is 5.32 Å². The zero-order chi connectivity index (χ0) is 8.32. The molecule has 0 bridgehead atoms. The summed E-state index contributed by atoms with van der Waals surface area (Å²) in [6, 6.07) is 0. The second kappa shape index (κ2) is 3.24. The number of carbonyl (C=O) groups excluding carboxylic acids is 1. The minimum absolute atomic E-state index is 0.0786. The van der Waals surface area contributed by atoms with Crippen LogP contribution in [-0.2, 0) is 4.79 Å². The third-order valence-electron chi connectivity index (χ3n) is 2.36. The fourth-order valence-corrected chi connectivity index (χ4v) is 1.57. The Morgan fingerprint density at radius 2 is 1.91 bits per heavy atom. The fourth-order valence-electron chi connectivity index (χ4n) is 1.57. The van der Waals surface area contributed by atoms with Crippen LogP contribution in [0.3, 0.4) is 0 Å². The molecule has 1 aliphatic heterocycles. The Balaban J connectivity index is 2.31. The molecule has 0 aromatic heterocycles. The second-order valence-electron chi connectivity index (χ2n) is 3.39. The summed E-state index contributed by atoms with van der Waals surface area (Å²) < 4.78 is 0. The summed E-state index contributed by atoms with van der Waals surface area (Å²) in [6.07, 6.45) is 5.50. The summed E-state index contributed by atoms with van der Waals surface area (Å²) in [7, 11) is 0. The Labute approximate surface area is 68.4 Å². The van der Waals surface area contributed by atoms with Crippen molar-refractivity contribution in [2.24, 2.45) is 0 Å². The van der Waals surface area contributed by atoms with Crippen LogP contribution >= 0.6 is 0 Å². The van der Waals surface area contributed by atoms with Gasteiger partial charge in [-0.25, -0.2) is 0 Å². The van der Waals surface area contributed by atoms with Crippen LogP contribution in [0.5, 0.6) is 0 Å². The van der Waals surface area contributed by atoms with Gasteiger partial charge in [0.15, 0.2) is 0 Å². The number of nitrogens with one attached hydrogen (secondary N) is 1. The first kappa shape index (κ1) is 8.57. The van der Waals surface area contributed by atoms with E-state index in [1.54, 1.807) is 0 Å². The molecular weight excluding hydrogens is 138 g/mol. The van der Waals surface area contributed by atoms with E-state index in [0.717, 1.165) is 19.3 Å². The standard InChI is InChI=1S/C9H17NO/c1-3-5-7-9(6-4-2)8(11)10-9/h3-7H2,1-2H3,(H,10,11). The molecule has 0 radical (unpaired) electrons. The summed E-state index contributed by atoms with van der Waals surface area (Å²) in [4.78, 5) is 11.0. The lowest BCUT2D eigenvalue weighted by Crippen LogP contribution is -2.15. The highest BCUT2D eigenvalue weighted by atomic mass is 16.2. The van der Waals surface area contributed by atoms with Crippen LogP contribution in [0.1, 0.15) is 46.0 Å². The monoisotopic (exact) mass is 155 g/mol. The molecule has 1 saturated heterocycles. The summed E-state index contributed by atoms with van der Waals surface area (Å²) >= 11 is 0. The zero-order valence-electron chi connectivity index (χ0n) is 7.44. The molecule has 1 amide bonds. The minimum atomic E-state index is -0.0786. The van der Waals surface area contributed by atoms with Gasteiger partial charge in [-0.3, -0.25) is 4.79 Å². The SMILES string of the molecule is CCCCC1(CCC)NC1=O. The molecule has 11 heavy (non-hydrogen) atoms. The van der Waals surface area contributed by atoms with Gasteiger partial charge in [0, 0.05) is 0 Å². The van der Waals surface area contributed by atoms with Crippen LogP contribution < -0.4 is 5.32 Å². The number of amides is 1. The molecule has 1 aliphatic rings. The lowest BCUT2D eigenvalue weighted by molar-refractivity contribution is -0.112. The number of unbranched alkanes of at least 4 members (excludes halogenated alkanes) is 1. The first-order valence-electron chi connectivity index (χ1n) is 4.58. The predicted octanol–water partition coefficient (Wildman–Crippen LogP) is 1.85. The third-order valence-corrected chi connectivity index (χ3v) is 2.36. The topological polar surface area (TPSA) is 39.0 Å². The van der Waals surface area contributed by atoms with E-state index in [1.165, 1.54) is 12.8 Å². The maximum absolute atomic E-state index is 11.0. The lowest BCUT2D eigenvalue weighted by atomic mass is 9.97. The highest BCUT2D eigenvalue weighted by Gasteiger charge is 2.51. The van der Waals surface area contributed by atoms with Gasteiger partial charge in [-0.1, -0.05) is 33.1 Å². The molecule has 0 aliphatic carbocycles. The highest BCUT2D eigenvalue weighted by Crippen LogP contribution is 2.30. The van der Waals surface area contributed by atoms with Crippen molar-refractivity contribution < 1.29 is 4.79 Å². The van der Waals surface area contributed by atoms with Crippen LogP contribution in [-0.4, -0.2) is 11.4 Å². The normalized spacial score (nSPS) is 28.4. The van der Waals surface area contributed by atoms with Gasteiger partial charge in [0.2, 0.25) is 5.91 Å². The number of hydrogen-bond donors (Lipinski definition) is 1. The van der Waals surface area contributed by atoms with Crippen molar-refractivity contribution >= 4 is 5.91 Å². The van der Waals surface area contributed by atoms with E-state index in [-0.39, 0.29) is 11.4 Å². The van der Waals surface area contributed by atoms with Gasteiger partial charge in [0.1, 0.15) is 5.54 Å². The van der Waals surface area contributed by atoms with E-state index in [0.29, 0.717) is 0 Å². The van der Waals surface area contributed by atoms with Crippen molar-refractivity contribution in [2.75, 3.05) is 0 Å². The molecule has 0 saturated carbocycles. The predicted molar refractivity (Wildman–Crippen MR) is 45.3 cm³/mol. The van der Waals surface area contributed by atoms with Crippen LogP contribution in [0.2, 0.25) is 0 Å². The van der Waals surface area contributed by atoms with Gasteiger partial charge in [0.25, 0.3) is 0 Å². The van der Waals surface area contributed by atoms with E-state index in [2.05, 4.69) is 19.2 Å². The quantitative estimate of drug-likeness (QED) is 0.604. The fraction of sp³-hybridized carbons (Fsp3) is 0.889. The average molecular weight is 155 g/mol. The molecule has 1 heterocycles. The molecule has 2 nitrogen and oxygen atoms in total. The van der Waals surface area contributed by atoms with Crippen LogP contribution in [0.25, 0.3) is 0 Å². The minimum Gasteiger partial charge on any atom is -0.340 e. The van der Waals surface area contributed by atoms with Crippen molar-refractivity contribution in [1.82, 2.24) is 5.32 Å². The molecule has 1 unspecified atom stereocenters. The van der Waals surface area contributed by atoms with Crippen molar-refractivity contribution in [3.63, 3.8) is 0 Å². The summed E-state index contributed by atoms with van der Waals surface area (Å²) in [6.45, 7) is 4.29. The average Bonchev–Trinajstić information content (AvgIpc) is 2.59. The summed E-state index contributed by atoms with van der Waals surface area (Å²) in [5.41, 5.74) is -0.0786. The zero-order valence-corrected chi connectivity index (χ0v) is 7.44. The maximum atomic E-state index is 11.0. The first-order chi connectivity index (χ1) is 5.25. The molecule has 64 valence electrons. The van der Waals surface area contributed by atoms with E-state index in [9.17, 15) is 4.79 Å². The number of rotatable bonds is 5. The van der Waals surface area contributed by atoms with Crippen LogP contribution in [0.4, 0.5) is 0 Å². The first-order valence-corrected chi connectivity index (χ1v) is 4.58. The Kier molecular flexibility index (Phi) is 2.53. The van der Waals surface area contributed by atoms with Gasteiger partial charge in [-0.2, -0.15) is 0 Å². The van der Waals surface area contributed by atoms with E-state index in [4.69, 9.17) is 0 Å². The molecule has 1 rings (SSSR count). The Morgan fingerprint density at radius 1 is 1.27 bits per heavy atom. The largest absolute Gasteiger partial charge is 0.340 e. The third kappa shape index (κ3) is 1.73. The molecule has 0 aromatic carbocycles. The molecular formula is C9H17NO. The maximum Gasteiger partial charge on any atom is 0.246 e. The van der Waals surface area contributed by atoms with E-state index < -0.39 is 0 Å². The molecule has 2 heteroatoms.